The third-order valence-electron chi connectivity index (χ3n) is 5.40. The van der Waals surface area contributed by atoms with Crippen LogP contribution < -0.4 is 10.6 Å². The van der Waals surface area contributed by atoms with E-state index in [2.05, 4.69) is 15.0 Å². The predicted molar refractivity (Wildman–Crippen MR) is 113 cm³/mol. The van der Waals surface area contributed by atoms with Gasteiger partial charge in [0, 0.05) is 61.3 Å². The molecule has 146 valence electrons. The summed E-state index contributed by atoms with van der Waals surface area (Å²) in [6, 6.07) is 9.81. The highest BCUT2D eigenvalue weighted by Gasteiger charge is 2.24. The Morgan fingerprint density at radius 3 is 2.71 bits per heavy atom. The smallest absolute Gasteiger partial charge is 0.129 e. The second-order valence-corrected chi connectivity index (χ2v) is 7.36. The van der Waals surface area contributed by atoms with Gasteiger partial charge in [0.1, 0.15) is 5.82 Å². The molecular weight excluding hydrogens is 352 g/mol. The second kappa shape index (κ2) is 7.59. The summed E-state index contributed by atoms with van der Waals surface area (Å²) in [5.74, 6) is 1.11. The number of morpholine rings is 1. The fourth-order valence-corrected chi connectivity index (χ4v) is 3.82. The van der Waals surface area contributed by atoms with Gasteiger partial charge in [0.05, 0.1) is 18.9 Å². The molecule has 2 aromatic rings. The quantitative estimate of drug-likeness (QED) is 0.629. The number of rotatable bonds is 4. The fraction of sp³-hybridized carbons (Fsp3) is 0.381. The number of hydrogen-bond donors (Lipinski definition) is 2. The van der Waals surface area contributed by atoms with Crippen molar-refractivity contribution in [2.45, 2.75) is 12.8 Å². The van der Waals surface area contributed by atoms with Crippen LogP contribution in [0, 0.1) is 5.41 Å². The Hall–Kier alpha value is -2.93. The van der Waals surface area contributed by atoms with Gasteiger partial charge in [0.25, 0.3) is 0 Å². The van der Waals surface area contributed by atoms with E-state index < -0.39 is 0 Å². The molecule has 0 amide bonds. The van der Waals surface area contributed by atoms with Crippen LogP contribution in [-0.2, 0) is 4.74 Å². The van der Waals surface area contributed by atoms with Crippen molar-refractivity contribution in [1.29, 1.82) is 5.41 Å². The van der Waals surface area contributed by atoms with Crippen LogP contribution in [0.3, 0.4) is 0 Å². The zero-order chi connectivity index (χ0) is 19.7. The summed E-state index contributed by atoms with van der Waals surface area (Å²) in [6.07, 6.45) is 1.76. The molecule has 7 heteroatoms. The minimum absolute atomic E-state index is 0.235. The number of anilines is 2. The van der Waals surface area contributed by atoms with Crippen LogP contribution in [-0.4, -0.2) is 61.3 Å². The molecule has 2 aliphatic heterocycles. The van der Waals surface area contributed by atoms with Crippen molar-refractivity contribution < 1.29 is 4.74 Å². The molecule has 1 unspecified atom stereocenters. The first-order valence-corrected chi connectivity index (χ1v) is 9.56. The summed E-state index contributed by atoms with van der Waals surface area (Å²) in [6.45, 7) is 5.93. The number of benzene rings is 1. The van der Waals surface area contributed by atoms with Crippen molar-refractivity contribution in [1.82, 2.24) is 9.99 Å². The molecule has 0 bridgehead atoms. The van der Waals surface area contributed by atoms with E-state index in [-0.39, 0.29) is 5.92 Å². The van der Waals surface area contributed by atoms with E-state index >= 15 is 0 Å². The van der Waals surface area contributed by atoms with Crippen LogP contribution >= 0.6 is 0 Å². The minimum Gasteiger partial charge on any atom is -0.398 e. The molecule has 1 fully saturated rings. The number of pyridine rings is 1. The van der Waals surface area contributed by atoms with E-state index in [0.717, 1.165) is 47.9 Å². The number of nitrogens with one attached hydrogen (secondary N) is 1. The lowest BCUT2D eigenvalue weighted by molar-refractivity contribution is 0.122. The van der Waals surface area contributed by atoms with E-state index in [4.69, 9.17) is 15.9 Å². The molecule has 0 spiro atoms. The molecule has 1 saturated heterocycles. The Balaban J connectivity index is 1.63. The first-order chi connectivity index (χ1) is 13.5. The van der Waals surface area contributed by atoms with E-state index in [0.29, 0.717) is 24.6 Å². The van der Waals surface area contributed by atoms with Gasteiger partial charge in [-0.15, -0.1) is 0 Å². The zero-order valence-corrected chi connectivity index (χ0v) is 16.4. The molecule has 1 aromatic heterocycles. The Bertz CT molecular complexity index is 919. The standard InChI is InChI=1S/C21H26N6O/c1-14-18(13-26(2)25-14)15-3-4-19(22)17(11-15)21(23)16-5-6-24-20(12-16)27-7-9-28-10-8-27/h3-6,11-12,18,23H,7-10,13,22H2,1-2H3. The van der Waals surface area contributed by atoms with Gasteiger partial charge < -0.3 is 15.4 Å². The maximum absolute atomic E-state index is 8.79. The van der Waals surface area contributed by atoms with Crippen molar-refractivity contribution in [2.24, 2.45) is 5.10 Å². The largest absolute Gasteiger partial charge is 0.398 e. The first-order valence-electron chi connectivity index (χ1n) is 9.56. The van der Waals surface area contributed by atoms with Crippen molar-refractivity contribution in [3.63, 3.8) is 0 Å². The highest BCUT2D eigenvalue weighted by atomic mass is 16.5. The number of hydrazone groups is 1. The third-order valence-corrected chi connectivity index (χ3v) is 5.40. The van der Waals surface area contributed by atoms with Crippen molar-refractivity contribution in [2.75, 3.05) is 50.5 Å². The highest BCUT2D eigenvalue weighted by Crippen LogP contribution is 2.28. The van der Waals surface area contributed by atoms with Gasteiger partial charge in [-0.05, 0) is 36.8 Å². The molecular formula is C21H26N6O. The summed E-state index contributed by atoms with van der Waals surface area (Å²) in [7, 11) is 1.98. The van der Waals surface area contributed by atoms with Gasteiger partial charge in [-0.1, -0.05) is 6.07 Å². The number of likely N-dealkylation sites (N-methyl/N-ethyl adjacent to an activating group) is 1. The summed E-state index contributed by atoms with van der Waals surface area (Å²) in [5.41, 5.74) is 11.1. The number of ether oxygens (including phenoxy) is 1. The van der Waals surface area contributed by atoms with E-state index in [9.17, 15) is 0 Å². The topological polar surface area (TPSA) is 90.8 Å². The lowest BCUT2D eigenvalue weighted by Crippen LogP contribution is -2.36. The maximum Gasteiger partial charge on any atom is 0.129 e. The number of aromatic nitrogens is 1. The molecule has 7 nitrogen and oxygen atoms in total. The second-order valence-electron chi connectivity index (χ2n) is 7.36. The highest BCUT2D eigenvalue weighted by molar-refractivity contribution is 6.14. The predicted octanol–water partition coefficient (Wildman–Crippen LogP) is 2.32. The Labute approximate surface area is 165 Å². The Morgan fingerprint density at radius 1 is 1.21 bits per heavy atom. The molecule has 1 atom stereocenters. The van der Waals surface area contributed by atoms with Crippen LogP contribution in [0.1, 0.15) is 29.5 Å². The van der Waals surface area contributed by atoms with Gasteiger partial charge in [-0.2, -0.15) is 5.10 Å². The lowest BCUT2D eigenvalue weighted by atomic mass is 9.91. The molecule has 3 heterocycles. The third kappa shape index (κ3) is 3.57. The van der Waals surface area contributed by atoms with Crippen molar-refractivity contribution in [3.8, 4) is 0 Å². The van der Waals surface area contributed by atoms with Gasteiger partial charge in [-0.25, -0.2) is 4.98 Å². The average molecular weight is 378 g/mol. The summed E-state index contributed by atoms with van der Waals surface area (Å²) in [5, 5.41) is 15.3. The van der Waals surface area contributed by atoms with Crippen LogP contribution in [0.4, 0.5) is 11.5 Å². The van der Waals surface area contributed by atoms with Crippen LogP contribution in [0.25, 0.3) is 0 Å². The number of nitrogens with zero attached hydrogens (tertiary/aromatic N) is 4. The van der Waals surface area contributed by atoms with Gasteiger partial charge in [0.15, 0.2) is 0 Å². The van der Waals surface area contributed by atoms with E-state index in [1.807, 2.05) is 49.3 Å². The van der Waals surface area contributed by atoms with Crippen LogP contribution in [0.15, 0.2) is 41.6 Å². The zero-order valence-electron chi connectivity index (χ0n) is 16.4. The van der Waals surface area contributed by atoms with E-state index in [1.54, 1.807) is 6.20 Å². The number of nitrogens with two attached hydrogens (primary N) is 1. The fourth-order valence-electron chi connectivity index (χ4n) is 3.82. The number of nitrogen functional groups attached to an aromatic ring is 1. The molecule has 3 N–H and O–H groups in total. The molecule has 1 aromatic carbocycles. The number of hydrogen-bond acceptors (Lipinski definition) is 7. The lowest BCUT2D eigenvalue weighted by Gasteiger charge is -2.28. The van der Waals surface area contributed by atoms with Crippen LogP contribution in [0.2, 0.25) is 0 Å². The first kappa shape index (κ1) is 18.4. The van der Waals surface area contributed by atoms with Crippen LogP contribution in [0.5, 0.6) is 0 Å². The molecule has 28 heavy (non-hydrogen) atoms. The molecule has 4 rings (SSSR count). The summed E-state index contributed by atoms with van der Waals surface area (Å²) < 4.78 is 5.42. The Morgan fingerprint density at radius 2 is 2.00 bits per heavy atom. The maximum atomic E-state index is 8.79. The summed E-state index contributed by atoms with van der Waals surface area (Å²) >= 11 is 0. The molecule has 0 aliphatic carbocycles. The molecule has 2 aliphatic rings. The van der Waals surface area contributed by atoms with Crippen molar-refractivity contribution >= 4 is 22.9 Å². The normalized spacial score (nSPS) is 19.6. The summed E-state index contributed by atoms with van der Waals surface area (Å²) in [4.78, 5) is 6.67. The molecule has 0 saturated carbocycles. The average Bonchev–Trinajstić information content (AvgIpc) is 3.06. The SMILES string of the molecule is CC1=NN(C)CC1c1ccc(N)c(C(=N)c2ccnc(N3CCOCC3)c2)c1. The van der Waals surface area contributed by atoms with Gasteiger partial charge in [0.2, 0.25) is 0 Å². The van der Waals surface area contributed by atoms with Gasteiger partial charge in [-0.3, -0.25) is 10.4 Å². The Kier molecular flexibility index (Phi) is 5.00. The molecule has 0 radical (unpaired) electrons. The minimum atomic E-state index is 0.235. The van der Waals surface area contributed by atoms with Crippen molar-refractivity contribution in [3.05, 3.63) is 53.2 Å². The monoisotopic (exact) mass is 378 g/mol. The van der Waals surface area contributed by atoms with E-state index in [1.165, 1.54) is 0 Å². The van der Waals surface area contributed by atoms with Gasteiger partial charge >= 0.3 is 0 Å².